The van der Waals surface area contributed by atoms with Crippen molar-refractivity contribution in [1.82, 2.24) is 0 Å². The van der Waals surface area contributed by atoms with Crippen LogP contribution in [0.15, 0.2) is 60.7 Å². The molecule has 0 amide bonds. The molecule has 0 aromatic heterocycles. The van der Waals surface area contributed by atoms with E-state index in [0.717, 1.165) is 11.1 Å². The number of benzene rings is 2. The summed E-state index contributed by atoms with van der Waals surface area (Å²) in [5.41, 5.74) is 1.74. The molecule has 0 radical (unpaired) electrons. The van der Waals surface area contributed by atoms with Gasteiger partial charge in [-0.3, -0.25) is 0 Å². The standard InChI is InChI=1S/C15H12Cl2O2/c16-14(17)15(18)19-13(11-7-3-1-4-8-11)12-9-5-2-6-10-12/h1-10,13-14H. The smallest absolute Gasteiger partial charge is 0.340 e. The molecule has 0 saturated carbocycles. The van der Waals surface area contributed by atoms with E-state index in [1.165, 1.54) is 0 Å². The van der Waals surface area contributed by atoms with Crippen LogP contribution in [-0.4, -0.2) is 10.8 Å². The van der Waals surface area contributed by atoms with Gasteiger partial charge in [-0.05, 0) is 11.1 Å². The fourth-order valence-electron chi connectivity index (χ4n) is 1.75. The highest BCUT2D eigenvalue weighted by molar-refractivity contribution is 6.52. The van der Waals surface area contributed by atoms with Gasteiger partial charge in [-0.15, -0.1) is 0 Å². The lowest BCUT2D eigenvalue weighted by atomic mass is 10.0. The summed E-state index contributed by atoms with van der Waals surface area (Å²) in [6.07, 6.45) is -0.505. The Labute approximate surface area is 121 Å². The summed E-state index contributed by atoms with van der Waals surface area (Å²) in [5.74, 6) is -0.652. The van der Waals surface area contributed by atoms with Crippen LogP contribution in [0, 0.1) is 0 Å². The Bertz CT molecular complexity index is 487. The lowest BCUT2D eigenvalue weighted by Crippen LogP contribution is -2.17. The highest BCUT2D eigenvalue weighted by atomic mass is 35.5. The fourth-order valence-corrected chi connectivity index (χ4v) is 1.85. The van der Waals surface area contributed by atoms with Crippen LogP contribution < -0.4 is 0 Å². The first-order chi connectivity index (χ1) is 9.18. The van der Waals surface area contributed by atoms with Gasteiger partial charge < -0.3 is 4.74 Å². The molecule has 19 heavy (non-hydrogen) atoms. The Kier molecular flexibility index (Phi) is 4.83. The van der Waals surface area contributed by atoms with Crippen LogP contribution in [0.3, 0.4) is 0 Å². The molecule has 0 aliphatic carbocycles. The second kappa shape index (κ2) is 6.60. The van der Waals surface area contributed by atoms with Crippen LogP contribution in [0.5, 0.6) is 0 Å². The van der Waals surface area contributed by atoms with Crippen molar-refractivity contribution >= 4 is 29.2 Å². The van der Waals surface area contributed by atoms with Gasteiger partial charge in [0.15, 0.2) is 6.10 Å². The monoisotopic (exact) mass is 294 g/mol. The first-order valence-electron chi connectivity index (χ1n) is 5.77. The van der Waals surface area contributed by atoms with Gasteiger partial charge in [0.2, 0.25) is 4.84 Å². The molecule has 0 unspecified atom stereocenters. The molecule has 0 spiro atoms. The van der Waals surface area contributed by atoms with E-state index in [1.54, 1.807) is 0 Å². The third-order valence-electron chi connectivity index (χ3n) is 2.62. The van der Waals surface area contributed by atoms with E-state index in [0.29, 0.717) is 0 Å². The second-order valence-electron chi connectivity index (χ2n) is 3.94. The largest absolute Gasteiger partial charge is 0.451 e. The van der Waals surface area contributed by atoms with E-state index in [-0.39, 0.29) is 0 Å². The number of carbonyl (C=O) groups is 1. The molecule has 2 rings (SSSR count). The van der Waals surface area contributed by atoms with Gasteiger partial charge in [-0.25, -0.2) is 4.79 Å². The third-order valence-corrected chi connectivity index (χ3v) is 2.97. The number of carbonyl (C=O) groups excluding carboxylic acids is 1. The number of ether oxygens (including phenoxy) is 1. The van der Waals surface area contributed by atoms with Crippen molar-refractivity contribution in [3.63, 3.8) is 0 Å². The van der Waals surface area contributed by atoms with Gasteiger partial charge in [-0.2, -0.15) is 0 Å². The van der Waals surface area contributed by atoms with Crippen LogP contribution in [0.2, 0.25) is 0 Å². The Morgan fingerprint density at radius 3 is 1.63 bits per heavy atom. The quantitative estimate of drug-likeness (QED) is 0.626. The van der Waals surface area contributed by atoms with Crippen LogP contribution >= 0.6 is 23.2 Å². The molecule has 0 atom stereocenters. The minimum atomic E-state index is -1.19. The summed E-state index contributed by atoms with van der Waals surface area (Å²) in [6, 6.07) is 18.9. The van der Waals surface area contributed by atoms with E-state index >= 15 is 0 Å². The molecular formula is C15H12Cl2O2. The van der Waals surface area contributed by atoms with Gasteiger partial charge in [0.1, 0.15) is 0 Å². The van der Waals surface area contributed by atoms with Crippen molar-refractivity contribution in [2.75, 3.05) is 0 Å². The summed E-state index contributed by atoms with van der Waals surface area (Å²) in [4.78, 5) is 10.4. The van der Waals surface area contributed by atoms with Crippen molar-refractivity contribution < 1.29 is 9.53 Å². The predicted octanol–water partition coefficient (Wildman–Crippen LogP) is 4.12. The zero-order chi connectivity index (χ0) is 13.7. The van der Waals surface area contributed by atoms with E-state index in [9.17, 15) is 4.79 Å². The third kappa shape index (κ3) is 3.72. The fraction of sp³-hybridized carbons (Fsp3) is 0.133. The van der Waals surface area contributed by atoms with Gasteiger partial charge in [0.25, 0.3) is 0 Å². The average Bonchev–Trinajstić information content (AvgIpc) is 2.46. The van der Waals surface area contributed by atoms with Gasteiger partial charge in [0, 0.05) is 0 Å². The first kappa shape index (κ1) is 13.9. The molecule has 0 heterocycles. The van der Waals surface area contributed by atoms with Crippen molar-refractivity contribution in [1.29, 1.82) is 0 Å². The summed E-state index contributed by atoms with van der Waals surface area (Å²) in [5, 5.41) is 0. The van der Waals surface area contributed by atoms with Crippen LogP contribution in [0.4, 0.5) is 0 Å². The molecule has 0 aliphatic rings. The van der Waals surface area contributed by atoms with Crippen molar-refractivity contribution in [3.05, 3.63) is 71.8 Å². The van der Waals surface area contributed by atoms with Gasteiger partial charge in [0.05, 0.1) is 0 Å². The molecule has 98 valence electrons. The molecule has 0 bridgehead atoms. The van der Waals surface area contributed by atoms with Crippen molar-refractivity contribution in [2.24, 2.45) is 0 Å². The summed E-state index contributed by atoms with van der Waals surface area (Å²) < 4.78 is 5.38. The zero-order valence-corrected chi connectivity index (χ0v) is 11.5. The maximum atomic E-state index is 11.6. The Balaban J connectivity index is 2.32. The Morgan fingerprint density at radius 1 is 0.842 bits per heavy atom. The molecule has 0 N–H and O–H groups in total. The van der Waals surface area contributed by atoms with Crippen LogP contribution in [0.25, 0.3) is 0 Å². The maximum Gasteiger partial charge on any atom is 0.340 e. The van der Waals surface area contributed by atoms with E-state index in [1.807, 2.05) is 60.7 Å². The highest BCUT2D eigenvalue weighted by Gasteiger charge is 2.22. The lowest BCUT2D eigenvalue weighted by Gasteiger charge is -2.19. The zero-order valence-electron chi connectivity index (χ0n) is 10.0. The minimum absolute atomic E-state index is 0.505. The normalized spacial score (nSPS) is 10.7. The maximum absolute atomic E-state index is 11.6. The minimum Gasteiger partial charge on any atom is -0.451 e. The van der Waals surface area contributed by atoms with Gasteiger partial charge >= 0.3 is 5.97 Å². The van der Waals surface area contributed by atoms with Crippen molar-refractivity contribution in [2.45, 2.75) is 10.9 Å². The molecule has 2 nitrogen and oxygen atoms in total. The molecule has 0 saturated heterocycles. The first-order valence-corrected chi connectivity index (χ1v) is 6.64. The van der Waals surface area contributed by atoms with Crippen molar-refractivity contribution in [3.8, 4) is 0 Å². The Hall–Kier alpha value is -1.51. The van der Waals surface area contributed by atoms with Crippen LogP contribution in [-0.2, 0) is 9.53 Å². The van der Waals surface area contributed by atoms with Crippen LogP contribution in [0.1, 0.15) is 17.2 Å². The SMILES string of the molecule is O=C(OC(c1ccccc1)c1ccccc1)C(Cl)Cl. The molecule has 0 aliphatic heterocycles. The number of hydrogen-bond acceptors (Lipinski definition) is 2. The number of alkyl halides is 2. The number of rotatable bonds is 4. The number of esters is 1. The highest BCUT2D eigenvalue weighted by Crippen LogP contribution is 2.27. The predicted molar refractivity (Wildman–Crippen MR) is 76.3 cm³/mol. The molecular weight excluding hydrogens is 283 g/mol. The topological polar surface area (TPSA) is 26.3 Å². The van der Waals surface area contributed by atoms with Gasteiger partial charge in [-0.1, -0.05) is 83.9 Å². The molecule has 2 aromatic rings. The van der Waals surface area contributed by atoms with E-state index < -0.39 is 16.9 Å². The molecule has 2 aromatic carbocycles. The molecule has 0 fully saturated rings. The second-order valence-corrected chi connectivity index (χ2v) is 5.04. The average molecular weight is 295 g/mol. The lowest BCUT2D eigenvalue weighted by molar-refractivity contribution is -0.145. The number of halogens is 2. The summed E-state index contributed by atoms with van der Waals surface area (Å²) in [6.45, 7) is 0. The number of hydrogen-bond donors (Lipinski definition) is 0. The molecule has 4 heteroatoms. The Morgan fingerprint density at radius 2 is 1.26 bits per heavy atom. The van der Waals surface area contributed by atoms with E-state index in [2.05, 4.69) is 0 Å². The van der Waals surface area contributed by atoms with E-state index in [4.69, 9.17) is 27.9 Å². The summed E-state index contributed by atoms with van der Waals surface area (Å²) in [7, 11) is 0. The summed E-state index contributed by atoms with van der Waals surface area (Å²) >= 11 is 11.1.